The minimum absolute atomic E-state index is 0.0929. The van der Waals surface area contributed by atoms with Crippen LogP contribution in [0.1, 0.15) is 27.0 Å². The molecule has 2 rings (SSSR count). The number of rotatable bonds is 6. The van der Waals surface area contributed by atoms with Gasteiger partial charge in [0.25, 0.3) is 0 Å². The zero-order valence-electron chi connectivity index (χ0n) is 13.1. The fourth-order valence-corrected chi connectivity index (χ4v) is 3.11. The Balaban J connectivity index is 1.92. The lowest BCUT2D eigenvalue weighted by molar-refractivity contribution is -0.255. The zero-order valence-corrected chi connectivity index (χ0v) is 13.9. The smallest absolute Gasteiger partial charge is 0.234 e. The van der Waals surface area contributed by atoms with E-state index in [1.54, 1.807) is 19.1 Å². The molecule has 0 aromatic heterocycles. The second kappa shape index (κ2) is 7.83. The lowest BCUT2D eigenvalue weighted by Crippen LogP contribution is -2.24. The number of carbonyl (C=O) groups excluding carboxylic acids is 2. The van der Waals surface area contributed by atoms with E-state index in [-0.39, 0.29) is 11.5 Å². The number of aromatic carboxylic acids is 1. The standard InChI is InChI=1S/C18H19NO3S/c1-12-6-3-4-7-14(12)10-23-11-17(20)19-16-9-5-8-15(13(16)2)18(21)22/h3-9H,10-11H2,1-2H3,(H,19,20)(H,21,22)/p-1. The Kier molecular flexibility index (Phi) is 5.82. The number of benzene rings is 2. The van der Waals surface area contributed by atoms with E-state index >= 15 is 0 Å². The van der Waals surface area contributed by atoms with Crippen molar-refractivity contribution in [3.8, 4) is 0 Å². The predicted octanol–water partition coefficient (Wildman–Crippen LogP) is 2.54. The van der Waals surface area contributed by atoms with Gasteiger partial charge in [0.2, 0.25) is 5.91 Å². The molecule has 120 valence electrons. The number of carboxylic acid groups (broad SMARTS) is 1. The van der Waals surface area contributed by atoms with Gasteiger partial charge >= 0.3 is 0 Å². The summed E-state index contributed by atoms with van der Waals surface area (Å²) in [6, 6.07) is 12.8. The van der Waals surface area contributed by atoms with E-state index in [1.165, 1.54) is 29.0 Å². The molecule has 0 aliphatic heterocycles. The van der Waals surface area contributed by atoms with Gasteiger partial charge in [-0.05, 0) is 36.6 Å². The van der Waals surface area contributed by atoms with Crippen LogP contribution in [0.5, 0.6) is 0 Å². The van der Waals surface area contributed by atoms with Crippen molar-refractivity contribution in [2.75, 3.05) is 11.1 Å². The van der Waals surface area contributed by atoms with Gasteiger partial charge in [0.1, 0.15) is 0 Å². The number of aryl methyl sites for hydroxylation is 1. The van der Waals surface area contributed by atoms with E-state index in [9.17, 15) is 14.7 Å². The van der Waals surface area contributed by atoms with Crippen molar-refractivity contribution in [2.24, 2.45) is 0 Å². The minimum atomic E-state index is -1.24. The highest BCUT2D eigenvalue weighted by molar-refractivity contribution is 7.99. The van der Waals surface area contributed by atoms with Crippen molar-refractivity contribution < 1.29 is 14.7 Å². The first-order valence-corrected chi connectivity index (χ1v) is 8.37. The van der Waals surface area contributed by atoms with Crippen molar-refractivity contribution in [3.63, 3.8) is 0 Å². The molecule has 5 heteroatoms. The lowest BCUT2D eigenvalue weighted by atomic mass is 10.1. The third-order valence-corrected chi connectivity index (χ3v) is 4.56. The molecule has 0 bridgehead atoms. The summed E-state index contributed by atoms with van der Waals surface area (Å²) >= 11 is 1.52. The monoisotopic (exact) mass is 328 g/mol. The fraction of sp³-hybridized carbons (Fsp3) is 0.222. The first-order valence-electron chi connectivity index (χ1n) is 7.22. The van der Waals surface area contributed by atoms with Crippen LogP contribution in [0.2, 0.25) is 0 Å². The topological polar surface area (TPSA) is 69.2 Å². The molecule has 1 amide bonds. The summed E-state index contributed by atoms with van der Waals surface area (Å²) < 4.78 is 0. The normalized spacial score (nSPS) is 10.3. The van der Waals surface area contributed by atoms with E-state index in [4.69, 9.17) is 0 Å². The molecule has 2 aromatic carbocycles. The first kappa shape index (κ1) is 17.1. The molecule has 0 aliphatic carbocycles. The van der Waals surface area contributed by atoms with Crippen LogP contribution in [0.3, 0.4) is 0 Å². The summed E-state index contributed by atoms with van der Waals surface area (Å²) in [7, 11) is 0. The molecule has 0 heterocycles. The summed E-state index contributed by atoms with van der Waals surface area (Å²) in [5, 5.41) is 13.7. The van der Waals surface area contributed by atoms with Gasteiger partial charge in [-0.3, -0.25) is 4.79 Å². The second-order valence-corrected chi connectivity index (χ2v) is 6.22. The Morgan fingerprint density at radius 2 is 1.83 bits per heavy atom. The largest absolute Gasteiger partial charge is 0.545 e. The van der Waals surface area contributed by atoms with Gasteiger partial charge in [-0.2, -0.15) is 0 Å². The summed E-state index contributed by atoms with van der Waals surface area (Å²) in [4.78, 5) is 23.0. The SMILES string of the molecule is Cc1ccccc1CSCC(=O)Nc1cccc(C(=O)[O-])c1C. The molecule has 0 saturated heterocycles. The predicted molar refractivity (Wildman–Crippen MR) is 91.5 cm³/mol. The molecule has 0 aliphatic rings. The maximum absolute atomic E-state index is 12.0. The highest BCUT2D eigenvalue weighted by atomic mass is 32.2. The van der Waals surface area contributed by atoms with E-state index in [0.717, 1.165) is 5.75 Å². The van der Waals surface area contributed by atoms with Crippen molar-refractivity contribution in [3.05, 3.63) is 64.7 Å². The van der Waals surface area contributed by atoms with Crippen molar-refractivity contribution in [1.82, 2.24) is 0 Å². The van der Waals surface area contributed by atoms with Crippen molar-refractivity contribution in [1.29, 1.82) is 0 Å². The molecule has 1 N–H and O–H groups in total. The quantitative estimate of drug-likeness (QED) is 0.885. The third-order valence-electron chi connectivity index (χ3n) is 3.58. The maximum atomic E-state index is 12.0. The maximum Gasteiger partial charge on any atom is 0.234 e. The van der Waals surface area contributed by atoms with Crippen LogP contribution in [-0.2, 0) is 10.5 Å². The summed E-state index contributed by atoms with van der Waals surface area (Å²) in [6.07, 6.45) is 0. The number of anilines is 1. The van der Waals surface area contributed by atoms with Crippen LogP contribution >= 0.6 is 11.8 Å². The highest BCUT2D eigenvalue weighted by Gasteiger charge is 2.08. The molecule has 0 atom stereocenters. The molecule has 23 heavy (non-hydrogen) atoms. The molecular weight excluding hydrogens is 310 g/mol. The van der Waals surface area contributed by atoms with Crippen LogP contribution in [-0.4, -0.2) is 17.6 Å². The highest BCUT2D eigenvalue weighted by Crippen LogP contribution is 2.20. The Hall–Kier alpha value is -2.27. The first-order chi connectivity index (χ1) is 11.0. The van der Waals surface area contributed by atoms with E-state index < -0.39 is 5.97 Å². The molecule has 2 aromatic rings. The molecule has 0 radical (unpaired) electrons. The second-order valence-electron chi connectivity index (χ2n) is 5.23. The number of amides is 1. The lowest BCUT2D eigenvalue weighted by Gasteiger charge is -2.13. The van der Waals surface area contributed by atoms with Gasteiger partial charge in [-0.15, -0.1) is 11.8 Å². The number of hydrogen-bond acceptors (Lipinski definition) is 4. The Morgan fingerprint density at radius 1 is 1.09 bits per heavy atom. The van der Waals surface area contributed by atoms with Gasteiger partial charge in [-0.25, -0.2) is 0 Å². The molecule has 0 saturated carbocycles. The van der Waals surface area contributed by atoms with Gasteiger partial charge in [-0.1, -0.05) is 36.4 Å². The average Bonchev–Trinajstić information content (AvgIpc) is 2.51. The molecule has 0 spiro atoms. The number of thioether (sulfide) groups is 1. The summed E-state index contributed by atoms with van der Waals surface area (Å²) in [5.41, 5.74) is 3.52. The Bertz CT molecular complexity index is 728. The molecule has 4 nitrogen and oxygen atoms in total. The van der Waals surface area contributed by atoms with Gasteiger partial charge < -0.3 is 15.2 Å². The number of carboxylic acids is 1. The van der Waals surface area contributed by atoms with Gasteiger partial charge in [0.05, 0.1) is 11.7 Å². The van der Waals surface area contributed by atoms with E-state index in [1.807, 2.05) is 31.2 Å². The fourth-order valence-electron chi connectivity index (χ4n) is 2.20. The number of nitrogens with one attached hydrogen (secondary N) is 1. The van der Waals surface area contributed by atoms with E-state index in [2.05, 4.69) is 5.32 Å². The van der Waals surface area contributed by atoms with Crippen LogP contribution in [0.15, 0.2) is 42.5 Å². The molecule has 0 unspecified atom stereocenters. The van der Waals surface area contributed by atoms with Crippen molar-refractivity contribution in [2.45, 2.75) is 19.6 Å². The summed E-state index contributed by atoms with van der Waals surface area (Å²) in [6.45, 7) is 3.70. The Labute approximate surface area is 139 Å². The van der Waals surface area contributed by atoms with Crippen molar-refractivity contribution >= 4 is 29.3 Å². The van der Waals surface area contributed by atoms with Crippen LogP contribution < -0.4 is 10.4 Å². The summed E-state index contributed by atoms with van der Waals surface area (Å²) in [5.74, 6) is -0.323. The Morgan fingerprint density at radius 3 is 2.52 bits per heavy atom. The molecular formula is C18H18NO3S-. The van der Waals surface area contributed by atoms with E-state index in [0.29, 0.717) is 17.0 Å². The minimum Gasteiger partial charge on any atom is -0.545 e. The third kappa shape index (κ3) is 4.60. The van der Waals surface area contributed by atoms with Crippen LogP contribution in [0.25, 0.3) is 0 Å². The van der Waals surface area contributed by atoms with Crippen LogP contribution in [0.4, 0.5) is 5.69 Å². The zero-order chi connectivity index (χ0) is 16.8. The van der Waals surface area contributed by atoms with Gasteiger partial charge in [0, 0.05) is 17.0 Å². The van der Waals surface area contributed by atoms with Crippen LogP contribution in [0, 0.1) is 13.8 Å². The van der Waals surface area contributed by atoms with Gasteiger partial charge in [0.15, 0.2) is 0 Å². The molecule has 0 fully saturated rings. The average molecular weight is 328 g/mol. The number of carbonyl (C=O) groups is 2. The number of hydrogen-bond donors (Lipinski definition) is 1.